The van der Waals surface area contributed by atoms with Gasteiger partial charge in [-0.25, -0.2) is 0 Å². The van der Waals surface area contributed by atoms with Gasteiger partial charge in [0, 0.05) is 5.69 Å². The average molecular weight is 661 g/mol. The second-order valence-electron chi connectivity index (χ2n) is 13.5. The number of nitrogens with zero attached hydrogens (tertiary/aromatic N) is 1. The molecule has 0 saturated heterocycles. The summed E-state index contributed by atoms with van der Waals surface area (Å²) in [6.45, 7) is 5.20. The lowest BCUT2D eigenvalue weighted by Crippen LogP contribution is -2.53. The number of ether oxygens (including phenoxy) is 1. The Balaban J connectivity index is 1.37. The van der Waals surface area contributed by atoms with Crippen LogP contribution < -0.4 is 10.2 Å². The molecular weight excluding hydrogens is 615 g/mol. The molecule has 0 radical (unpaired) electrons. The highest BCUT2D eigenvalue weighted by atomic mass is 31.2. The van der Waals surface area contributed by atoms with Crippen LogP contribution in [0.3, 0.4) is 0 Å². The molecule has 1 N–H and O–H groups in total. The minimum atomic E-state index is -3.81. The third-order valence-electron chi connectivity index (χ3n) is 8.64. The van der Waals surface area contributed by atoms with E-state index in [-0.39, 0.29) is 37.7 Å². The number of hydrogen-bond acceptors (Lipinski definition) is 7. The number of amides is 2. The van der Waals surface area contributed by atoms with Crippen LogP contribution in [0.5, 0.6) is 0 Å². The molecule has 1 aliphatic heterocycles. The quantitative estimate of drug-likeness (QED) is 0.165. The number of para-hydroxylation sites is 1. The van der Waals surface area contributed by atoms with Gasteiger partial charge in [0.1, 0.15) is 18.2 Å². The van der Waals surface area contributed by atoms with Gasteiger partial charge >= 0.3 is 13.6 Å². The van der Waals surface area contributed by atoms with E-state index in [0.29, 0.717) is 31.4 Å². The molecule has 1 atom stereocenters. The lowest BCUT2D eigenvalue weighted by atomic mass is 9.87. The number of benzene rings is 3. The van der Waals surface area contributed by atoms with Crippen LogP contribution in [0.2, 0.25) is 0 Å². The minimum absolute atomic E-state index is 0.0730. The van der Waals surface area contributed by atoms with Crippen LogP contribution in [-0.4, -0.2) is 42.1 Å². The maximum atomic E-state index is 14.5. The maximum Gasteiger partial charge on any atom is 0.332 e. The van der Waals surface area contributed by atoms with E-state index < -0.39 is 30.6 Å². The summed E-state index contributed by atoms with van der Waals surface area (Å²) in [4.78, 5) is 42.7. The minimum Gasteiger partial charge on any atom is -0.459 e. The predicted octanol–water partition coefficient (Wildman–Crippen LogP) is 6.98. The summed E-state index contributed by atoms with van der Waals surface area (Å²) in [6, 6.07) is 25.4. The summed E-state index contributed by atoms with van der Waals surface area (Å²) in [5.74, 6) is -1.26. The molecule has 1 unspecified atom stereocenters. The van der Waals surface area contributed by atoms with E-state index in [0.717, 1.165) is 29.5 Å². The molecule has 2 aliphatic rings. The van der Waals surface area contributed by atoms with Gasteiger partial charge in [0.15, 0.2) is 0 Å². The number of esters is 1. The summed E-state index contributed by atoms with van der Waals surface area (Å²) in [5, 5.41) is 3.03. The van der Waals surface area contributed by atoms with Crippen LogP contribution in [0.4, 0.5) is 5.69 Å². The normalized spacial score (nSPS) is 17.9. The molecule has 0 bridgehead atoms. The zero-order valence-corrected chi connectivity index (χ0v) is 28.4. The molecular formula is C37H45N2O7P. The zero-order chi connectivity index (χ0) is 33.5. The highest BCUT2D eigenvalue weighted by molar-refractivity contribution is 7.53. The number of aryl methyl sites for hydroxylation is 1. The molecule has 2 amide bonds. The highest BCUT2D eigenvalue weighted by Crippen LogP contribution is 2.57. The van der Waals surface area contributed by atoms with E-state index in [9.17, 15) is 18.9 Å². The molecule has 250 valence electrons. The van der Waals surface area contributed by atoms with Crippen molar-refractivity contribution >= 4 is 31.1 Å². The Labute approximate surface area is 277 Å². The second-order valence-corrected chi connectivity index (χ2v) is 15.5. The summed E-state index contributed by atoms with van der Waals surface area (Å²) in [6.07, 6.45) is 3.33. The van der Waals surface area contributed by atoms with Crippen molar-refractivity contribution in [3.63, 3.8) is 0 Å². The van der Waals surface area contributed by atoms with Crippen molar-refractivity contribution in [2.75, 3.05) is 17.6 Å². The van der Waals surface area contributed by atoms with Gasteiger partial charge in [0.2, 0.25) is 11.8 Å². The van der Waals surface area contributed by atoms with Gasteiger partial charge in [-0.15, -0.1) is 0 Å². The number of hydrogen-bond donors (Lipinski definition) is 1. The molecule has 3 aromatic carbocycles. The highest BCUT2D eigenvalue weighted by Gasteiger charge is 2.49. The fourth-order valence-corrected chi connectivity index (χ4v) is 8.48. The monoisotopic (exact) mass is 660 g/mol. The zero-order valence-electron chi connectivity index (χ0n) is 27.5. The molecule has 1 aliphatic carbocycles. The molecule has 5 rings (SSSR count). The Morgan fingerprint density at radius 3 is 2.00 bits per heavy atom. The lowest BCUT2D eigenvalue weighted by Gasteiger charge is -2.33. The summed E-state index contributed by atoms with van der Waals surface area (Å²) in [7, 11) is -3.81. The number of carbonyl (C=O) groups is 3. The van der Waals surface area contributed by atoms with Crippen LogP contribution in [0.1, 0.15) is 69.6 Å². The van der Waals surface area contributed by atoms with Crippen molar-refractivity contribution < 1.29 is 32.7 Å². The smallest absolute Gasteiger partial charge is 0.332 e. The molecule has 1 fully saturated rings. The van der Waals surface area contributed by atoms with E-state index in [1.807, 2.05) is 84.9 Å². The van der Waals surface area contributed by atoms with Crippen LogP contribution in [0.25, 0.3) is 0 Å². The largest absolute Gasteiger partial charge is 0.459 e. The van der Waals surface area contributed by atoms with Crippen molar-refractivity contribution in [1.82, 2.24) is 5.32 Å². The molecule has 3 aromatic rings. The third kappa shape index (κ3) is 9.19. The summed E-state index contributed by atoms with van der Waals surface area (Å²) >= 11 is 0. The molecule has 9 nitrogen and oxygen atoms in total. The van der Waals surface area contributed by atoms with Crippen LogP contribution in [-0.2, 0) is 52.4 Å². The standard InChI is InChI=1S/C37H45N2O7P/c1-36(2,3)46-33(40)24-39-32-19-11-10-18-30(32)20-21-31(34(39)41)38-35(42)37(22-12-13-23-37)27-47(43,44-25-28-14-6-4-7-15-28)45-26-29-16-8-5-9-17-29/h4-11,14-19,31H,12-13,20-27H2,1-3H3,(H,38,42). The van der Waals surface area contributed by atoms with E-state index in [4.69, 9.17) is 13.8 Å². The molecule has 0 spiro atoms. The first-order chi connectivity index (χ1) is 22.5. The fourth-order valence-electron chi connectivity index (χ4n) is 6.33. The Hall–Kier alpha value is -3.78. The van der Waals surface area contributed by atoms with Crippen molar-refractivity contribution in [3.8, 4) is 0 Å². The Bertz CT molecular complexity index is 1540. The van der Waals surface area contributed by atoms with Gasteiger partial charge in [0.25, 0.3) is 0 Å². The van der Waals surface area contributed by atoms with Crippen molar-refractivity contribution in [3.05, 3.63) is 102 Å². The van der Waals surface area contributed by atoms with Crippen LogP contribution >= 0.6 is 7.60 Å². The summed E-state index contributed by atoms with van der Waals surface area (Å²) in [5.41, 5.74) is 1.46. The first-order valence-corrected chi connectivity index (χ1v) is 18.1. The Kier molecular flexibility index (Phi) is 11.0. The van der Waals surface area contributed by atoms with Gasteiger partial charge < -0.3 is 19.1 Å². The van der Waals surface area contributed by atoms with E-state index in [2.05, 4.69) is 5.32 Å². The molecule has 1 saturated carbocycles. The van der Waals surface area contributed by atoms with E-state index in [1.165, 1.54) is 4.90 Å². The maximum absolute atomic E-state index is 14.5. The number of nitrogens with one attached hydrogen (secondary N) is 1. The fraction of sp³-hybridized carbons (Fsp3) is 0.432. The molecule has 0 aromatic heterocycles. The first kappa shape index (κ1) is 34.6. The molecule has 47 heavy (non-hydrogen) atoms. The second kappa shape index (κ2) is 15.0. The van der Waals surface area contributed by atoms with E-state index in [1.54, 1.807) is 20.8 Å². The predicted molar refractivity (Wildman–Crippen MR) is 181 cm³/mol. The van der Waals surface area contributed by atoms with Crippen molar-refractivity contribution in [2.24, 2.45) is 5.41 Å². The SMILES string of the molecule is CC(C)(C)OC(=O)CN1C(=O)C(NC(=O)C2(CP(=O)(OCc3ccccc3)OCc3ccccc3)CCCC2)CCc2ccccc21. The van der Waals surface area contributed by atoms with Gasteiger partial charge in [-0.2, -0.15) is 0 Å². The van der Waals surface area contributed by atoms with Crippen LogP contribution in [0, 0.1) is 5.41 Å². The van der Waals surface area contributed by atoms with Crippen LogP contribution in [0.15, 0.2) is 84.9 Å². The van der Waals surface area contributed by atoms with Gasteiger partial charge in [-0.3, -0.25) is 23.8 Å². The summed E-state index contributed by atoms with van der Waals surface area (Å²) < 4.78 is 32.2. The molecule has 1 heterocycles. The first-order valence-electron chi connectivity index (χ1n) is 16.3. The number of fused-ring (bicyclic) bond motifs is 1. The number of carbonyl (C=O) groups excluding carboxylic acids is 3. The van der Waals surface area contributed by atoms with Gasteiger partial charge in [0.05, 0.1) is 24.8 Å². The van der Waals surface area contributed by atoms with Gasteiger partial charge in [-0.1, -0.05) is 91.7 Å². The van der Waals surface area contributed by atoms with Gasteiger partial charge in [-0.05, 0) is 69.2 Å². The topological polar surface area (TPSA) is 111 Å². The van der Waals surface area contributed by atoms with Crippen molar-refractivity contribution in [2.45, 2.75) is 84.2 Å². The number of anilines is 1. The Morgan fingerprint density at radius 2 is 1.43 bits per heavy atom. The lowest BCUT2D eigenvalue weighted by molar-refractivity contribution is -0.153. The third-order valence-corrected chi connectivity index (χ3v) is 10.7. The Morgan fingerprint density at radius 1 is 0.872 bits per heavy atom. The van der Waals surface area contributed by atoms with E-state index >= 15 is 0 Å². The number of rotatable bonds is 12. The van der Waals surface area contributed by atoms with Crippen molar-refractivity contribution in [1.29, 1.82) is 0 Å². The average Bonchev–Trinajstić information content (AvgIpc) is 3.48. The molecule has 10 heteroatoms.